The molecule has 0 radical (unpaired) electrons. The van der Waals surface area contributed by atoms with Crippen LogP contribution in [0.3, 0.4) is 0 Å². The topological polar surface area (TPSA) is 74.8 Å². The van der Waals surface area contributed by atoms with Crippen molar-refractivity contribution in [3.05, 3.63) is 107 Å². The van der Waals surface area contributed by atoms with Crippen molar-refractivity contribution in [2.45, 2.75) is 45.9 Å². The summed E-state index contributed by atoms with van der Waals surface area (Å²) in [5, 5.41) is 3.00. The van der Waals surface area contributed by atoms with Gasteiger partial charge in [-0.1, -0.05) is 24.8 Å². The number of piperazine rings is 1. The maximum atomic E-state index is 14.5. The lowest BCUT2D eigenvalue weighted by Gasteiger charge is -2.40. The van der Waals surface area contributed by atoms with Crippen LogP contribution in [0.1, 0.15) is 58.7 Å². The van der Waals surface area contributed by atoms with E-state index in [1.54, 1.807) is 43.5 Å². The summed E-state index contributed by atoms with van der Waals surface area (Å²) in [5.74, 6) is 0.0185. The summed E-state index contributed by atoms with van der Waals surface area (Å²) < 4.78 is 20.9. The first-order chi connectivity index (χ1) is 19.1. The quantitative estimate of drug-likeness (QED) is 0.377. The molecule has 2 amide bonds. The Hall–Kier alpha value is -4.04. The van der Waals surface area contributed by atoms with E-state index in [1.807, 2.05) is 43.9 Å². The van der Waals surface area contributed by atoms with Gasteiger partial charge in [0, 0.05) is 49.7 Å². The maximum Gasteiger partial charge on any atom is 0.251 e. The largest absolute Gasteiger partial charge is 0.484 e. The van der Waals surface area contributed by atoms with Crippen LogP contribution in [0.4, 0.5) is 4.39 Å². The predicted molar refractivity (Wildman–Crippen MR) is 154 cm³/mol. The molecule has 1 aromatic heterocycles. The first-order valence-corrected chi connectivity index (χ1v) is 13.6. The smallest absolute Gasteiger partial charge is 0.251 e. The molecular weight excluding hydrogens is 507 g/mol. The van der Waals surface area contributed by atoms with Crippen LogP contribution in [0.5, 0.6) is 5.75 Å². The number of pyridine rings is 1. The Morgan fingerprint density at radius 2 is 1.85 bits per heavy atom. The zero-order valence-corrected chi connectivity index (χ0v) is 23.6. The normalized spacial score (nSPS) is 17.1. The Morgan fingerprint density at radius 3 is 2.48 bits per heavy atom. The molecular formula is C32H37FN4O3. The van der Waals surface area contributed by atoms with Crippen molar-refractivity contribution in [1.29, 1.82) is 0 Å². The van der Waals surface area contributed by atoms with Gasteiger partial charge in [0.15, 0.2) is 0 Å². The molecule has 1 aliphatic heterocycles. The van der Waals surface area contributed by atoms with Gasteiger partial charge in [0.1, 0.15) is 17.7 Å². The molecule has 1 saturated heterocycles. The highest BCUT2D eigenvalue weighted by molar-refractivity contribution is 5.94. The molecule has 0 saturated carbocycles. The van der Waals surface area contributed by atoms with E-state index in [0.29, 0.717) is 43.1 Å². The number of amides is 2. The summed E-state index contributed by atoms with van der Waals surface area (Å²) in [6.45, 7) is 13.6. The molecule has 1 fully saturated rings. The van der Waals surface area contributed by atoms with Crippen LogP contribution in [-0.4, -0.2) is 58.8 Å². The van der Waals surface area contributed by atoms with Crippen LogP contribution in [0.2, 0.25) is 0 Å². The number of ether oxygens (including phenoxy) is 1. The van der Waals surface area contributed by atoms with Crippen LogP contribution in [-0.2, 0) is 4.79 Å². The van der Waals surface area contributed by atoms with Crippen molar-refractivity contribution in [3.8, 4) is 5.75 Å². The second-order valence-corrected chi connectivity index (χ2v) is 10.4. The average Bonchev–Trinajstić information content (AvgIpc) is 2.94. The highest BCUT2D eigenvalue weighted by atomic mass is 19.1. The van der Waals surface area contributed by atoms with Gasteiger partial charge in [-0.25, -0.2) is 4.39 Å². The van der Waals surface area contributed by atoms with Crippen molar-refractivity contribution in [1.82, 2.24) is 20.1 Å². The molecule has 7 nitrogen and oxygen atoms in total. The number of hydrogen-bond acceptors (Lipinski definition) is 5. The lowest BCUT2D eigenvalue weighted by Crippen LogP contribution is -2.54. The van der Waals surface area contributed by atoms with Crippen LogP contribution in [0, 0.1) is 19.7 Å². The molecule has 3 aromatic rings. The lowest BCUT2D eigenvalue weighted by molar-refractivity contribution is -0.130. The van der Waals surface area contributed by atoms with Gasteiger partial charge >= 0.3 is 0 Å². The van der Waals surface area contributed by atoms with Crippen molar-refractivity contribution < 1.29 is 18.7 Å². The Labute approximate surface area is 235 Å². The number of benzene rings is 2. The van der Waals surface area contributed by atoms with E-state index in [2.05, 4.69) is 21.8 Å². The molecule has 1 aliphatic rings. The molecule has 210 valence electrons. The Morgan fingerprint density at radius 1 is 1.12 bits per heavy atom. The molecule has 8 heteroatoms. The third-order valence-electron chi connectivity index (χ3n) is 7.34. The number of carbonyl (C=O) groups is 2. The minimum absolute atomic E-state index is 0.0190. The molecule has 2 heterocycles. The number of halogens is 1. The molecule has 1 N–H and O–H groups in total. The monoisotopic (exact) mass is 544 g/mol. The second-order valence-electron chi connectivity index (χ2n) is 10.4. The van der Waals surface area contributed by atoms with Crippen molar-refractivity contribution >= 4 is 11.8 Å². The molecule has 4 rings (SSSR count). The molecule has 0 aliphatic carbocycles. The van der Waals surface area contributed by atoms with Crippen LogP contribution >= 0.6 is 0 Å². The number of hydrogen-bond donors (Lipinski definition) is 1. The number of nitrogens with one attached hydrogen (secondary N) is 1. The summed E-state index contributed by atoms with van der Waals surface area (Å²) in [7, 11) is 0. The molecule has 3 atom stereocenters. The highest BCUT2D eigenvalue weighted by Crippen LogP contribution is 2.26. The number of carbonyl (C=O) groups excluding carboxylic acids is 2. The standard InChI is InChI=1S/C32H37FN4O3/c1-6-31(38)37-16-15-36(19-23(37)4)20-30(26-9-7-21(2)29(33)17-26)40-28-13-11-25(12-14-28)32(39)35-24(5)27-10-8-22(3)34-18-27/h6-14,17-18,23-24,30H,1,15-16,19-20H2,2-5H3,(H,35,39)/t23-,24+,30-/m1/s1. The number of rotatable bonds is 9. The highest BCUT2D eigenvalue weighted by Gasteiger charge is 2.28. The fourth-order valence-electron chi connectivity index (χ4n) is 4.85. The van der Waals surface area contributed by atoms with Gasteiger partial charge in [-0.05, 0) is 86.9 Å². The minimum Gasteiger partial charge on any atom is -0.484 e. The number of nitrogens with zero attached hydrogens (tertiary/aromatic N) is 3. The van der Waals surface area contributed by atoms with Crippen molar-refractivity contribution in [2.24, 2.45) is 0 Å². The number of aryl methyl sites for hydroxylation is 2. The second kappa shape index (κ2) is 12.9. The van der Waals surface area contributed by atoms with Crippen molar-refractivity contribution in [3.63, 3.8) is 0 Å². The summed E-state index contributed by atoms with van der Waals surface area (Å²) in [5.41, 5.74) is 3.65. The zero-order chi connectivity index (χ0) is 28.8. The summed E-state index contributed by atoms with van der Waals surface area (Å²) in [4.78, 5) is 33.3. The molecule has 0 bridgehead atoms. The Bertz CT molecular complexity index is 1340. The van der Waals surface area contributed by atoms with E-state index < -0.39 is 6.10 Å². The van der Waals surface area contributed by atoms with Crippen molar-refractivity contribution in [2.75, 3.05) is 26.2 Å². The van der Waals surface area contributed by atoms with Crippen LogP contribution in [0.25, 0.3) is 0 Å². The van der Waals surface area contributed by atoms with E-state index in [4.69, 9.17) is 4.74 Å². The SMILES string of the molecule is C=CC(=O)N1CCN(C[C@@H](Oc2ccc(C(=O)N[C@@H](C)c3ccc(C)nc3)cc2)c2ccc(C)c(F)c2)C[C@H]1C. The van der Waals surface area contributed by atoms with Gasteiger partial charge < -0.3 is 15.0 Å². The molecule has 40 heavy (non-hydrogen) atoms. The lowest BCUT2D eigenvalue weighted by atomic mass is 10.0. The van der Waals surface area contributed by atoms with E-state index in [-0.39, 0.29) is 29.7 Å². The van der Waals surface area contributed by atoms with Gasteiger partial charge in [0.25, 0.3) is 5.91 Å². The third kappa shape index (κ3) is 7.12. The molecule has 0 spiro atoms. The van der Waals surface area contributed by atoms with Gasteiger partial charge in [0.2, 0.25) is 5.91 Å². The molecule has 0 unspecified atom stereocenters. The van der Waals surface area contributed by atoms with Gasteiger partial charge in [-0.2, -0.15) is 0 Å². The third-order valence-corrected chi connectivity index (χ3v) is 7.34. The Kier molecular flexibility index (Phi) is 9.32. The minimum atomic E-state index is -0.447. The van der Waals surface area contributed by atoms with Crippen LogP contribution in [0.15, 0.2) is 73.4 Å². The zero-order valence-electron chi connectivity index (χ0n) is 23.6. The Balaban J connectivity index is 1.46. The van der Waals surface area contributed by atoms with E-state index in [0.717, 1.165) is 16.8 Å². The maximum absolute atomic E-state index is 14.5. The summed E-state index contributed by atoms with van der Waals surface area (Å²) >= 11 is 0. The average molecular weight is 545 g/mol. The van der Waals surface area contributed by atoms with Gasteiger partial charge in [-0.3, -0.25) is 19.5 Å². The van der Waals surface area contributed by atoms with Crippen LogP contribution < -0.4 is 10.1 Å². The van der Waals surface area contributed by atoms with E-state index in [1.165, 1.54) is 12.1 Å². The summed E-state index contributed by atoms with van der Waals surface area (Å²) in [6, 6.07) is 15.8. The number of aromatic nitrogens is 1. The molecule has 2 aromatic carbocycles. The fourth-order valence-corrected chi connectivity index (χ4v) is 4.85. The van der Waals surface area contributed by atoms with Gasteiger partial charge in [-0.15, -0.1) is 0 Å². The first-order valence-electron chi connectivity index (χ1n) is 13.6. The predicted octanol–water partition coefficient (Wildman–Crippen LogP) is 5.17. The van der Waals surface area contributed by atoms with E-state index in [9.17, 15) is 14.0 Å². The first kappa shape index (κ1) is 29.0. The van der Waals surface area contributed by atoms with E-state index >= 15 is 0 Å². The fraction of sp³-hybridized carbons (Fsp3) is 0.344. The van der Waals surface area contributed by atoms with Gasteiger partial charge in [0.05, 0.1) is 6.04 Å². The summed E-state index contributed by atoms with van der Waals surface area (Å²) in [6.07, 6.45) is 2.67.